The average Bonchev–Trinajstić information content (AvgIpc) is 3.34. The summed E-state index contributed by atoms with van der Waals surface area (Å²) in [4.78, 5) is 23.6. The van der Waals surface area contributed by atoms with Crippen LogP contribution < -0.4 is 4.90 Å². The van der Waals surface area contributed by atoms with Crippen LogP contribution in [0.5, 0.6) is 0 Å². The lowest BCUT2D eigenvalue weighted by atomic mass is 9.94. The SMILES string of the molecule is CCc1cccc(C)c1N=C1N=C(SCC(=O)O)N(c2ccccc2)C12CCCC2. The van der Waals surface area contributed by atoms with Gasteiger partial charge in [0.1, 0.15) is 5.54 Å². The van der Waals surface area contributed by atoms with Gasteiger partial charge in [0.2, 0.25) is 0 Å². The number of amidine groups is 2. The number of anilines is 1. The third-order valence-corrected chi connectivity index (χ3v) is 6.85. The number of carboxylic acids is 1. The van der Waals surface area contributed by atoms with Gasteiger partial charge < -0.3 is 10.0 Å². The van der Waals surface area contributed by atoms with Crippen LogP contribution in [0.3, 0.4) is 0 Å². The maximum absolute atomic E-state index is 11.3. The fraction of sp³-hybridized carbons (Fsp3) is 0.375. The van der Waals surface area contributed by atoms with E-state index in [2.05, 4.69) is 49.1 Å². The number of hydrogen-bond acceptors (Lipinski definition) is 4. The minimum atomic E-state index is -0.839. The first-order valence-electron chi connectivity index (χ1n) is 10.5. The molecule has 0 saturated heterocycles. The maximum atomic E-state index is 11.3. The van der Waals surface area contributed by atoms with Crippen molar-refractivity contribution in [1.29, 1.82) is 0 Å². The molecule has 1 fully saturated rings. The zero-order valence-electron chi connectivity index (χ0n) is 17.5. The number of para-hydroxylation sites is 2. The van der Waals surface area contributed by atoms with Crippen molar-refractivity contribution in [1.82, 2.24) is 0 Å². The Morgan fingerprint density at radius 3 is 2.57 bits per heavy atom. The van der Waals surface area contributed by atoms with E-state index in [-0.39, 0.29) is 11.3 Å². The van der Waals surface area contributed by atoms with Gasteiger partial charge in [-0.25, -0.2) is 9.98 Å². The van der Waals surface area contributed by atoms with Gasteiger partial charge in [0.05, 0.1) is 11.4 Å². The molecule has 5 nitrogen and oxygen atoms in total. The summed E-state index contributed by atoms with van der Waals surface area (Å²) in [5.41, 5.74) is 4.09. The van der Waals surface area contributed by atoms with Crippen molar-refractivity contribution in [2.24, 2.45) is 9.98 Å². The number of hydrogen-bond donors (Lipinski definition) is 1. The summed E-state index contributed by atoms with van der Waals surface area (Å²) >= 11 is 1.28. The fourth-order valence-corrected chi connectivity index (χ4v) is 5.31. The molecule has 1 N–H and O–H groups in total. The molecule has 0 radical (unpaired) electrons. The fourth-order valence-electron chi connectivity index (χ4n) is 4.49. The number of rotatable bonds is 5. The first-order valence-corrected chi connectivity index (χ1v) is 11.5. The lowest BCUT2D eigenvalue weighted by Gasteiger charge is -2.36. The summed E-state index contributed by atoms with van der Waals surface area (Å²) in [6.07, 6.45) is 5.07. The van der Waals surface area contributed by atoms with Crippen LogP contribution in [0, 0.1) is 6.92 Å². The smallest absolute Gasteiger partial charge is 0.313 e. The molecule has 4 rings (SSSR count). The standard InChI is InChI=1S/C24H27N3O2S/c1-3-18-11-9-10-17(2)21(18)25-22-24(14-7-8-15-24)27(19-12-5-4-6-13-19)23(26-22)30-16-20(28)29/h4-6,9-13H,3,7-8,14-16H2,1-2H3,(H,28,29). The van der Waals surface area contributed by atoms with E-state index in [1.54, 1.807) is 0 Å². The molecule has 1 spiro atoms. The lowest BCUT2D eigenvalue weighted by molar-refractivity contribution is -0.133. The monoisotopic (exact) mass is 421 g/mol. The van der Waals surface area contributed by atoms with Gasteiger partial charge in [-0.15, -0.1) is 0 Å². The Hall–Kier alpha value is -2.60. The highest BCUT2D eigenvalue weighted by Crippen LogP contribution is 2.46. The van der Waals surface area contributed by atoms with Gasteiger partial charge >= 0.3 is 5.97 Å². The van der Waals surface area contributed by atoms with Crippen LogP contribution in [0.15, 0.2) is 58.5 Å². The van der Waals surface area contributed by atoms with Crippen LogP contribution in [0.1, 0.15) is 43.7 Å². The Bertz CT molecular complexity index is 995. The molecule has 2 aromatic rings. The van der Waals surface area contributed by atoms with Gasteiger partial charge in [-0.1, -0.05) is 67.9 Å². The molecule has 0 amide bonds. The van der Waals surface area contributed by atoms with Gasteiger partial charge in [-0.3, -0.25) is 4.79 Å². The van der Waals surface area contributed by atoms with Gasteiger partial charge in [0.25, 0.3) is 0 Å². The van der Waals surface area contributed by atoms with Gasteiger partial charge in [-0.2, -0.15) is 0 Å². The van der Waals surface area contributed by atoms with E-state index in [9.17, 15) is 9.90 Å². The number of carbonyl (C=O) groups is 1. The first kappa shape index (κ1) is 20.7. The molecule has 156 valence electrons. The largest absolute Gasteiger partial charge is 0.481 e. The third kappa shape index (κ3) is 3.76. The van der Waals surface area contributed by atoms with E-state index in [0.717, 1.165) is 60.0 Å². The van der Waals surface area contributed by atoms with E-state index in [0.29, 0.717) is 0 Å². The van der Waals surface area contributed by atoms with Gasteiger partial charge in [-0.05, 0) is 49.4 Å². The molecule has 2 aromatic carbocycles. The van der Waals surface area contributed by atoms with E-state index in [1.165, 1.54) is 17.3 Å². The number of carboxylic acid groups (broad SMARTS) is 1. The number of aliphatic imine (C=N–C) groups is 2. The van der Waals surface area contributed by atoms with Gasteiger partial charge in [0, 0.05) is 5.69 Å². The second kappa shape index (κ2) is 8.64. The Labute approximate surface area is 181 Å². The second-order valence-corrected chi connectivity index (χ2v) is 8.80. The molecule has 0 unspecified atom stereocenters. The molecule has 0 atom stereocenters. The lowest BCUT2D eigenvalue weighted by Crippen LogP contribution is -2.49. The average molecular weight is 422 g/mol. The van der Waals surface area contributed by atoms with Crippen LogP contribution in [0.4, 0.5) is 11.4 Å². The van der Waals surface area contributed by atoms with Crippen molar-refractivity contribution in [3.8, 4) is 0 Å². The van der Waals surface area contributed by atoms with E-state index >= 15 is 0 Å². The normalized spacial score (nSPS) is 18.9. The summed E-state index contributed by atoms with van der Waals surface area (Å²) in [5.74, 6) is -0.0367. The molecule has 0 bridgehead atoms. The van der Waals surface area contributed by atoms with Crippen molar-refractivity contribution in [3.05, 3.63) is 59.7 Å². The molecule has 1 saturated carbocycles. The minimum absolute atomic E-state index is 0.0178. The predicted molar refractivity (Wildman–Crippen MR) is 125 cm³/mol. The highest BCUT2D eigenvalue weighted by molar-refractivity contribution is 8.14. The molecule has 1 aliphatic heterocycles. The molecular formula is C24H27N3O2S. The molecule has 6 heteroatoms. The molecular weight excluding hydrogens is 394 g/mol. The van der Waals surface area contributed by atoms with Crippen molar-refractivity contribution in [2.45, 2.75) is 51.5 Å². The van der Waals surface area contributed by atoms with E-state index < -0.39 is 5.97 Å². The quantitative estimate of drug-likeness (QED) is 0.683. The summed E-state index contributed by atoms with van der Waals surface area (Å²) in [7, 11) is 0. The summed E-state index contributed by atoms with van der Waals surface area (Å²) in [5, 5.41) is 10.0. The Morgan fingerprint density at radius 2 is 1.90 bits per heavy atom. The van der Waals surface area contributed by atoms with Crippen LogP contribution in [-0.2, 0) is 11.2 Å². The molecule has 0 aromatic heterocycles. The Balaban J connectivity index is 1.86. The molecule has 1 aliphatic carbocycles. The molecule has 2 aliphatic rings. The van der Waals surface area contributed by atoms with Crippen molar-refractivity contribution in [3.63, 3.8) is 0 Å². The molecule has 30 heavy (non-hydrogen) atoms. The summed E-state index contributed by atoms with van der Waals surface area (Å²) in [6, 6.07) is 16.5. The predicted octanol–water partition coefficient (Wildman–Crippen LogP) is 5.59. The van der Waals surface area contributed by atoms with Crippen LogP contribution in [0.2, 0.25) is 0 Å². The number of benzene rings is 2. The minimum Gasteiger partial charge on any atom is -0.481 e. The number of nitrogens with zero attached hydrogens (tertiary/aromatic N) is 3. The van der Waals surface area contributed by atoms with Crippen molar-refractivity contribution < 1.29 is 9.90 Å². The van der Waals surface area contributed by atoms with Crippen LogP contribution in [-0.4, -0.2) is 33.4 Å². The highest BCUT2D eigenvalue weighted by atomic mass is 32.2. The van der Waals surface area contributed by atoms with E-state index in [1.807, 2.05) is 18.2 Å². The second-order valence-electron chi connectivity index (χ2n) is 7.86. The van der Waals surface area contributed by atoms with Crippen molar-refractivity contribution in [2.75, 3.05) is 10.7 Å². The Morgan fingerprint density at radius 1 is 1.17 bits per heavy atom. The third-order valence-electron chi connectivity index (χ3n) is 5.93. The number of aliphatic carboxylic acids is 1. The van der Waals surface area contributed by atoms with E-state index in [4.69, 9.17) is 9.98 Å². The van der Waals surface area contributed by atoms with Gasteiger partial charge in [0.15, 0.2) is 11.0 Å². The first-order chi connectivity index (χ1) is 14.5. The number of aryl methyl sites for hydroxylation is 2. The summed E-state index contributed by atoms with van der Waals surface area (Å²) < 4.78 is 0. The number of thioether (sulfide) groups is 1. The summed E-state index contributed by atoms with van der Waals surface area (Å²) in [6.45, 7) is 4.24. The van der Waals surface area contributed by atoms with Crippen LogP contribution in [0.25, 0.3) is 0 Å². The topological polar surface area (TPSA) is 65.3 Å². The molecule has 1 heterocycles. The van der Waals surface area contributed by atoms with Crippen molar-refractivity contribution >= 4 is 40.1 Å². The zero-order chi connectivity index (χ0) is 21.1. The van der Waals surface area contributed by atoms with Crippen LogP contribution >= 0.6 is 11.8 Å². The Kier molecular flexibility index (Phi) is 5.95. The highest BCUT2D eigenvalue weighted by Gasteiger charge is 2.51. The zero-order valence-corrected chi connectivity index (χ0v) is 18.3. The maximum Gasteiger partial charge on any atom is 0.313 e.